The van der Waals surface area contributed by atoms with Gasteiger partial charge in [-0.15, -0.1) is 0 Å². The van der Waals surface area contributed by atoms with Gasteiger partial charge in [-0.25, -0.2) is 4.98 Å². The normalized spacial score (nSPS) is 14.6. The Morgan fingerprint density at radius 1 is 1.50 bits per heavy atom. The number of carbonyl (C=O) groups excluding carboxylic acids is 1. The zero-order valence-corrected chi connectivity index (χ0v) is 10.9. The van der Waals surface area contributed by atoms with Gasteiger partial charge in [0.1, 0.15) is 5.69 Å². The lowest BCUT2D eigenvalue weighted by Crippen LogP contribution is -2.34. The third-order valence-electron chi connectivity index (χ3n) is 3.21. The minimum absolute atomic E-state index is 0.109. The SMILES string of the molecule is CNc1ccc(C(=O)NCCN(C)C2CC2)nc1. The monoisotopic (exact) mass is 248 g/mol. The van der Waals surface area contributed by atoms with E-state index in [1.165, 1.54) is 12.8 Å². The molecule has 0 saturated heterocycles. The summed E-state index contributed by atoms with van der Waals surface area (Å²) in [5.74, 6) is -0.109. The van der Waals surface area contributed by atoms with Crippen molar-refractivity contribution in [1.29, 1.82) is 0 Å². The van der Waals surface area contributed by atoms with Gasteiger partial charge in [0.2, 0.25) is 0 Å². The Labute approximate surface area is 108 Å². The van der Waals surface area contributed by atoms with Crippen LogP contribution >= 0.6 is 0 Å². The Hall–Kier alpha value is -1.62. The number of nitrogens with one attached hydrogen (secondary N) is 2. The highest BCUT2D eigenvalue weighted by atomic mass is 16.1. The number of carbonyl (C=O) groups is 1. The number of aromatic nitrogens is 1. The van der Waals surface area contributed by atoms with E-state index in [0.717, 1.165) is 18.3 Å². The average Bonchev–Trinajstić information content (AvgIpc) is 3.23. The summed E-state index contributed by atoms with van der Waals surface area (Å²) >= 11 is 0. The number of likely N-dealkylation sites (N-methyl/N-ethyl adjacent to an activating group) is 1. The molecule has 0 spiro atoms. The van der Waals surface area contributed by atoms with Crippen LogP contribution < -0.4 is 10.6 Å². The van der Waals surface area contributed by atoms with Gasteiger partial charge in [-0.3, -0.25) is 4.79 Å². The highest BCUT2D eigenvalue weighted by molar-refractivity contribution is 5.92. The van der Waals surface area contributed by atoms with Crippen molar-refractivity contribution in [2.24, 2.45) is 0 Å². The first-order valence-corrected chi connectivity index (χ1v) is 6.33. The van der Waals surface area contributed by atoms with Crippen molar-refractivity contribution >= 4 is 11.6 Å². The summed E-state index contributed by atoms with van der Waals surface area (Å²) in [6, 6.07) is 4.30. The van der Waals surface area contributed by atoms with Crippen LogP contribution in [0.2, 0.25) is 0 Å². The molecule has 0 radical (unpaired) electrons. The molecule has 5 heteroatoms. The molecule has 1 saturated carbocycles. The van der Waals surface area contributed by atoms with E-state index in [9.17, 15) is 4.79 Å². The van der Waals surface area contributed by atoms with E-state index in [1.807, 2.05) is 13.1 Å². The minimum Gasteiger partial charge on any atom is -0.387 e. The first-order chi connectivity index (χ1) is 8.70. The van der Waals surface area contributed by atoms with Gasteiger partial charge in [-0.1, -0.05) is 0 Å². The van der Waals surface area contributed by atoms with E-state index in [2.05, 4.69) is 27.6 Å². The second kappa shape index (κ2) is 5.82. The summed E-state index contributed by atoms with van der Waals surface area (Å²) in [5.41, 5.74) is 1.36. The summed E-state index contributed by atoms with van der Waals surface area (Å²) in [7, 11) is 3.92. The van der Waals surface area contributed by atoms with Gasteiger partial charge in [0.15, 0.2) is 0 Å². The largest absolute Gasteiger partial charge is 0.387 e. The van der Waals surface area contributed by atoms with E-state index in [0.29, 0.717) is 12.2 Å². The zero-order chi connectivity index (χ0) is 13.0. The van der Waals surface area contributed by atoms with Crippen LogP contribution in [-0.2, 0) is 0 Å². The number of anilines is 1. The van der Waals surface area contributed by atoms with Gasteiger partial charge in [-0.05, 0) is 32.0 Å². The van der Waals surface area contributed by atoms with E-state index in [4.69, 9.17) is 0 Å². The number of amides is 1. The Morgan fingerprint density at radius 3 is 2.83 bits per heavy atom. The van der Waals surface area contributed by atoms with Crippen molar-refractivity contribution in [2.75, 3.05) is 32.5 Å². The molecular formula is C13H20N4O. The summed E-state index contributed by atoms with van der Waals surface area (Å²) in [6.45, 7) is 1.56. The van der Waals surface area contributed by atoms with Crippen LogP contribution in [0.15, 0.2) is 18.3 Å². The summed E-state index contributed by atoms with van der Waals surface area (Å²) < 4.78 is 0. The molecule has 5 nitrogen and oxygen atoms in total. The second-order valence-corrected chi connectivity index (χ2v) is 4.65. The molecule has 18 heavy (non-hydrogen) atoms. The average molecular weight is 248 g/mol. The first-order valence-electron chi connectivity index (χ1n) is 6.33. The van der Waals surface area contributed by atoms with Crippen molar-refractivity contribution in [3.63, 3.8) is 0 Å². The highest BCUT2D eigenvalue weighted by Crippen LogP contribution is 2.24. The number of pyridine rings is 1. The van der Waals surface area contributed by atoms with Gasteiger partial charge in [0, 0.05) is 26.2 Å². The predicted octanol–water partition coefficient (Wildman–Crippen LogP) is 0.947. The van der Waals surface area contributed by atoms with Crippen molar-refractivity contribution in [3.8, 4) is 0 Å². The molecule has 1 aliphatic rings. The van der Waals surface area contributed by atoms with Gasteiger partial charge >= 0.3 is 0 Å². The fourth-order valence-corrected chi connectivity index (χ4v) is 1.81. The molecule has 2 N–H and O–H groups in total. The Kier molecular flexibility index (Phi) is 4.15. The molecule has 1 aromatic heterocycles. The van der Waals surface area contributed by atoms with Crippen LogP contribution in [0.25, 0.3) is 0 Å². The predicted molar refractivity (Wildman–Crippen MR) is 71.8 cm³/mol. The molecule has 1 heterocycles. The van der Waals surface area contributed by atoms with Crippen LogP contribution in [0.4, 0.5) is 5.69 Å². The van der Waals surface area contributed by atoms with Crippen molar-refractivity contribution in [2.45, 2.75) is 18.9 Å². The molecule has 1 fully saturated rings. The molecule has 0 atom stereocenters. The summed E-state index contributed by atoms with van der Waals surface area (Å²) in [5, 5.41) is 5.86. The smallest absolute Gasteiger partial charge is 0.269 e. The van der Waals surface area contributed by atoms with Gasteiger partial charge < -0.3 is 15.5 Å². The maximum absolute atomic E-state index is 11.8. The lowest BCUT2D eigenvalue weighted by molar-refractivity contribution is 0.0944. The molecule has 2 rings (SSSR count). The van der Waals surface area contributed by atoms with Crippen LogP contribution in [-0.4, -0.2) is 49.0 Å². The van der Waals surface area contributed by atoms with E-state index in [-0.39, 0.29) is 5.91 Å². The third-order valence-corrected chi connectivity index (χ3v) is 3.21. The fourth-order valence-electron chi connectivity index (χ4n) is 1.81. The Bertz CT molecular complexity index is 400. The quantitative estimate of drug-likeness (QED) is 0.787. The number of rotatable bonds is 6. The Balaban J connectivity index is 1.75. The molecule has 98 valence electrons. The van der Waals surface area contributed by atoms with Crippen LogP contribution in [0.1, 0.15) is 23.3 Å². The van der Waals surface area contributed by atoms with Gasteiger partial charge in [-0.2, -0.15) is 0 Å². The maximum Gasteiger partial charge on any atom is 0.269 e. The summed E-state index contributed by atoms with van der Waals surface area (Å²) in [6.07, 6.45) is 4.24. The zero-order valence-electron chi connectivity index (χ0n) is 10.9. The van der Waals surface area contributed by atoms with Crippen molar-refractivity contribution in [3.05, 3.63) is 24.0 Å². The van der Waals surface area contributed by atoms with E-state index >= 15 is 0 Å². The molecule has 1 aliphatic carbocycles. The Morgan fingerprint density at radius 2 is 2.28 bits per heavy atom. The van der Waals surface area contributed by atoms with E-state index in [1.54, 1.807) is 12.3 Å². The summed E-state index contributed by atoms with van der Waals surface area (Å²) in [4.78, 5) is 18.2. The van der Waals surface area contributed by atoms with E-state index < -0.39 is 0 Å². The molecular weight excluding hydrogens is 228 g/mol. The van der Waals surface area contributed by atoms with Gasteiger partial charge in [0.25, 0.3) is 5.91 Å². The molecule has 0 bridgehead atoms. The molecule has 1 aromatic rings. The van der Waals surface area contributed by atoms with Crippen molar-refractivity contribution in [1.82, 2.24) is 15.2 Å². The lowest BCUT2D eigenvalue weighted by atomic mass is 10.3. The second-order valence-electron chi connectivity index (χ2n) is 4.65. The van der Waals surface area contributed by atoms with Crippen LogP contribution in [0.3, 0.4) is 0 Å². The lowest BCUT2D eigenvalue weighted by Gasteiger charge is -2.15. The third kappa shape index (κ3) is 3.43. The van der Waals surface area contributed by atoms with Crippen molar-refractivity contribution < 1.29 is 4.79 Å². The first kappa shape index (κ1) is 12.8. The topological polar surface area (TPSA) is 57.3 Å². The van der Waals surface area contributed by atoms with Crippen LogP contribution in [0, 0.1) is 0 Å². The highest BCUT2D eigenvalue weighted by Gasteiger charge is 2.25. The standard InChI is InChI=1S/C13H20N4O/c1-14-10-3-6-12(16-9-10)13(18)15-7-8-17(2)11-4-5-11/h3,6,9,11,14H,4-5,7-8H2,1-2H3,(H,15,18). The maximum atomic E-state index is 11.8. The number of hydrogen-bond donors (Lipinski definition) is 2. The fraction of sp³-hybridized carbons (Fsp3) is 0.538. The minimum atomic E-state index is -0.109. The molecule has 1 amide bonds. The van der Waals surface area contributed by atoms with Gasteiger partial charge in [0.05, 0.1) is 11.9 Å². The number of hydrogen-bond acceptors (Lipinski definition) is 4. The number of nitrogens with zero attached hydrogens (tertiary/aromatic N) is 2. The molecule has 0 aromatic carbocycles. The van der Waals surface area contributed by atoms with Crippen LogP contribution in [0.5, 0.6) is 0 Å². The molecule has 0 unspecified atom stereocenters. The molecule has 0 aliphatic heterocycles.